The summed E-state index contributed by atoms with van der Waals surface area (Å²) in [5, 5.41) is 9.13. The topological polar surface area (TPSA) is 40.5 Å². The second kappa shape index (κ2) is 4.60. The van der Waals surface area contributed by atoms with Crippen LogP contribution < -0.4 is 0 Å². The molecule has 0 spiro atoms. The summed E-state index contributed by atoms with van der Waals surface area (Å²) in [5.74, 6) is 1.07. The molecule has 96 valence electrons. The Morgan fingerprint density at radius 1 is 1.12 bits per heavy atom. The molecule has 0 radical (unpaired) electrons. The molecule has 3 nitrogen and oxygen atoms in total. The minimum absolute atomic E-state index is 0.276. The number of nitrogens with zero attached hydrogens (tertiary/aromatic N) is 1. The van der Waals surface area contributed by atoms with E-state index in [9.17, 15) is 4.79 Å². The van der Waals surface area contributed by atoms with Gasteiger partial charge in [0.2, 0.25) is 0 Å². The van der Waals surface area contributed by atoms with Gasteiger partial charge in [-0.3, -0.25) is 9.69 Å². The predicted octanol–water partition coefficient (Wildman–Crippen LogP) is 2.50. The number of aliphatic carboxylic acids is 1. The second-order valence-electron chi connectivity index (χ2n) is 6.25. The zero-order valence-electron chi connectivity index (χ0n) is 10.5. The van der Waals surface area contributed by atoms with E-state index in [4.69, 9.17) is 5.11 Å². The van der Waals surface area contributed by atoms with E-state index < -0.39 is 5.97 Å². The van der Waals surface area contributed by atoms with E-state index in [-0.39, 0.29) is 6.54 Å². The van der Waals surface area contributed by atoms with Gasteiger partial charge in [0.05, 0.1) is 6.54 Å². The fourth-order valence-corrected chi connectivity index (χ4v) is 4.53. The summed E-state index contributed by atoms with van der Waals surface area (Å²) in [5.41, 5.74) is 0. The summed E-state index contributed by atoms with van der Waals surface area (Å²) in [6.07, 6.45) is 10.4. The first-order valence-corrected chi connectivity index (χ1v) is 7.21. The maximum Gasteiger partial charge on any atom is 0.317 e. The van der Waals surface area contributed by atoms with Crippen LogP contribution in [0.3, 0.4) is 0 Å². The lowest BCUT2D eigenvalue weighted by molar-refractivity contribution is -0.140. The Kier molecular flexibility index (Phi) is 3.12. The number of carbonyl (C=O) groups is 1. The molecular formula is C14H23NO2. The van der Waals surface area contributed by atoms with Gasteiger partial charge in [-0.2, -0.15) is 0 Å². The fourth-order valence-electron chi connectivity index (χ4n) is 4.53. The lowest BCUT2D eigenvalue weighted by Crippen LogP contribution is -2.47. The molecule has 0 saturated heterocycles. The van der Waals surface area contributed by atoms with E-state index in [1.807, 2.05) is 0 Å². The highest BCUT2D eigenvalue weighted by Gasteiger charge is 2.44. The molecule has 3 saturated carbocycles. The van der Waals surface area contributed by atoms with Gasteiger partial charge in [-0.1, -0.05) is 19.3 Å². The van der Waals surface area contributed by atoms with Gasteiger partial charge in [0.25, 0.3) is 0 Å². The predicted molar refractivity (Wildman–Crippen MR) is 65.8 cm³/mol. The van der Waals surface area contributed by atoms with Gasteiger partial charge in [-0.25, -0.2) is 0 Å². The van der Waals surface area contributed by atoms with Gasteiger partial charge in [0.1, 0.15) is 0 Å². The third kappa shape index (κ3) is 2.22. The van der Waals surface area contributed by atoms with Gasteiger partial charge in [-0.05, 0) is 43.9 Å². The Morgan fingerprint density at radius 2 is 1.88 bits per heavy atom. The average Bonchev–Trinajstić information content (AvgIpc) is 3.01. The van der Waals surface area contributed by atoms with E-state index in [1.54, 1.807) is 0 Å². The maximum absolute atomic E-state index is 11.1. The lowest BCUT2D eigenvalue weighted by atomic mass is 9.92. The Hall–Kier alpha value is -0.570. The minimum atomic E-state index is -0.639. The van der Waals surface area contributed by atoms with Crippen molar-refractivity contribution in [3.63, 3.8) is 0 Å². The number of hydrogen-bond donors (Lipinski definition) is 1. The van der Waals surface area contributed by atoms with Crippen LogP contribution >= 0.6 is 0 Å². The quantitative estimate of drug-likeness (QED) is 0.816. The number of carboxylic acids is 1. The number of hydrogen-bond acceptors (Lipinski definition) is 2. The first-order chi connectivity index (χ1) is 8.24. The van der Waals surface area contributed by atoms with Crippen molar-refractivity contribution in [2.45, 2.75) is 63.5 Å². The molecule has 0 aromatic rings. The third-order valence-electron chi connectivity index (χ3n) is 5.24. The van der Waals surface area contributed by atoms with Crippen LogP contribution in [0, 0.1) is 11.8 Å². The Balaban J connectivity index is 1.71. The second-order valence-corrected chi connectivity index (χ2v) is 6.25. The van der Waals surface area contributed by atoms with Crippen molar-refractivity contribution < 1.29 is 9.90 Å². The molecule has 3 aliphatic rings. The van der Waals surface area contributed by atoms with Gasteiger partial charge >= 0.3 is 5.97 Å². The molecule has 17 heavy (non-hydrogen) atoms. The van der Waals surface area contributed by atoms with Crippen LogP contribution in [0.4, 0.5) is 0 Å². The summed E-state index contributed by atoms with van der Waals surface area (Å²) < 4.78 is 0. The van der Waals surface area contributed by atoms with Crippen molar-refractivity contribution in [1.82, 2.24) is 4.90 Å². The molecule has 0 aromatic carbocycles. The number of fused-ring (bicyclic) bond motifs is 2. The molecule has 3 rings (SSSR count). The summed E-state index contributed by atoms with van der Waals surface area (Å²) in [6.45, 7) is 0.276. The molecule has 0 aromatic heterocycles. The van der Waals surface area contributed by atoms with E-state index in [2.05, 4.69) is 4.90 Å². The third-order valence-corrected chi connectivity index (χ3v) is 5.24. The smallest absolute Gasteiger partial charge is 0.317 e. The van der Waals surface area contributed by atoms with Gasteiger partial charge in [0.15, 0.2) is 0 Å². The number of carboxylic acid groups (broad SMARTS) is 1. The highest BCUT2D eigenvalue weighted by molar-refractivity contribution is 5.69. The van der Waals surface area contributed by atoms with Crippen LogP contribution in [-0.4, -0.2) is 34.6 Å². The molecular weight excluding hydrogens is 214 g/mol. The highest BCUT2D eigenvalue weighted by atomic mass is 16.4. The average molecular weight is 237 g/mol. The van der Waals surface area contributed by atoms with E-state index in [0.717, 1.165) is 11.8 Å². The van der Waals surface area contributed by atoms with E-state index in [0.29, 0.717) is 12.1 Å². The van der Waals surface area contributed by atoms with Crippen LogP contribution in [0.15, 0.2) is 0 Å². The Bertz CT molecular complexity index is 299. The normalized spacial score (nSPS) is 37.1. The summed E-state index contributed by atoms with van der Waals surface area (Å²) in [4.78, 5) is 13.4. The Labute approximate surface area is 103 Å². The minimum Gasteiger partial charge on any atom is -0.480 e. The first-order valence-electron chi connectivity index (χ1n) is 7.21. The van der Waals surface area contributed by atoms with Gasteiger partial charge in [0, 0.05) is 12.1 Å². The summed E-state index contributed by atoms with van der Waals surface area (Å²) in [7, 11) is 0. The zero-order chi connectivity index (χ0) is 11.8. The molecule has 3 atom stereocenters. The van der Waals surface area contributed by atoms with Crippen LogP contribution in [0.5, 0.6) is 0 Å². The summed E-state index contributed by atoms with van der Waals surface area (Å²) >= 11 is 0. The van der Waals surface area contributed by atoms with Crippen LogP contribution in [0.2, 0.25) is 0 Å². The van der Waals surface area contributed by atoms with Crippen LogP contribution in [0.1, 0.15) is 51.4 Å². The molecule has 2 bridgehead atoms. The van der Waals surface area contributed by atoms with Crippen molar-refractivity contribution in [2.75, 3.05) is 6.54 Å². The standard InChI is InChI=1S/C14H23NO2/c16-14(17)9-15(12-3-1-2-4-12)13-8-10-5-6-11(13)7-10/h10-13H,1-9H2,(H,16,17). The molecule has 0 heterocycles. The van der Waals surface area contributed by atoms with Gasteiger partial charge < -0.3 is 5.11 Å². The fraction of sp³-hybridized carbons (Fsp3) is 0.929. The molecule has 0 amide bonds. The van der Waals surface area contributed by atoms with Crippen molar-refractivity contribution in [3.8, 4) is 0 Å². The zero-order valence-corrected chi connectivity index (χ0v) is 10.5. The van der Waals surface area contributed by atoms with Crippen LogP contribution in [0.25, 0.3) is 0 Å². The first kappa shape index (κ1) is 11.5. The highest BCUT2D eigenvalue weighted by Crippen LogP contribution is 2.47. The van der Waals surface area contributed by atoms with E-state index >= 15 is 0 Å². The SMILES string of the molecule is O=C(O)CN(C1CCCC1)C1CC2CCC1C2. The molecule has 1 N–H and O–H groups in total. The van der Waals surface area contributed by atoms with Gasteiger partial charge in [-0.15, -0.1) is 0 Å². The molecule has 3 aliphatic carbocycles. The van der Waals surface area contributed by atoms with E-state index in [1.165, 1.54) is 51.4 Å². The van der Waals surface area contributed by atoms with Crippen molar-refractivity contribution in [1.29, 1.82) is 0 Å². The van der Waals surface area contributed by atoms with Crippen molar-refractivity contribution in [2.24, 2.45) is 11.8 Å². The van der Waals surface area contributed by atoms with Crippen molar-refractivity contribution >= 4 is 5.97 Å². The van der Waals surface area contributed by atoms with Crippen LogP contribution in [-0.2, 0) is 4.79 Å². The largest absolute Gasteiger partial charge is 0.480 e. The maximum atomic E-state index is 11.1. The number of rotatable bonds is 4. The molecule has 3 unspecified atom stereocenters. The Morgan fingerprint density at radius 3 is 2.41 bits per heavy atom. The molecule has 0 aliphatic heterocycles. The summed E-state index contributed by atoms with van der Waals surface area (Å²) in [6, 6.07) is 1.16. The molecule has 3 fully saturated rings. The molecule has 3 heteroatoms. The lowest BCUT2D eigenvalue weighted by Gasteiger charge is -2.37. The monoisotopic (exact) mass is 237 g/mol. The van der Waals surface area contributed by atoms with Crippen molar-refractivity contribution in [3.05, 3.63) is 0 Å².